The van der Waals surface area contributed by atoms with Crippen LogP contribution < -0.4 is 11.1 Å². The number of allylic oxidation sites excluding steroid dienone is 1. The van der Waals surface area contributed by atoms with Crippen LogP contribution in [0.4, 0.5) is 4.79 Å². The van der Waals surface area contributed by atoms with Crippen LogP contribution in [0.3, 0.4) is 0 Å². The largest absolute Gasteiger partial charge is 0.474 e. The molecule has 0 bridgehead atoms. The Bertz CT molecular complexity index is 795. The summed E-state index contributed by atoms with van der Waals surface area (Å²) in [5, 5.41) is 12.6. The number of rotatable bonds is 3. The van der Waals surface area contributed by atoms with Crippen LogP contribution in [0.25, 0.3) is 0 Å². The Balaban J connectivity index is 1.31. The molecular weight excluding hydrogens is 436 g/mol. The summed E-state index contributed by atoms with van der Waals surface area (Å²) in [6.07, 6.45) is 7.85. The molecule has 0 spiro atoms. The fourth-order valence-electron chi connectivity index (χ4n) is 4.85. The zero-order valence-corrected chi connectivity index (χ0v) is 18.1. The number of nitrogens with one attached hydrogen (secondary N) is 1. The predicted molar refractivity (Wildman–Crippen MR) is 113 cm³/mol. The average Bonchev–Trinajstić information content (AvgIpc) is 3.15. The van der Waals surface area contributed by atoms with Crippen molar-refractivity contribution in [1.29, 1.82) is 5.26 Å². The molecule has 2 amide bonds. The van der Waals surface area contributed by atoms with E-state index < -0.39 is 0 Å². The Kier molecular flexibility index (Phi) is 5.83. The molecular formula is C20H27BrN6O2. The van der Waals surface area contributed by atoms with Gasteiger partial charge in [0.05, 0.1) is 5.92 Å². The smallest absolute Gasteiger partial charge is 0.314 e. The molecule has 29 heavy (non-hydrogen) atoms. The van der Waals surface area contributed by atoms with Gasteiger partial charge in [-0.25, -0.2) is 9.79 Å². The number of ether oxygens (including phenoxy) is 1. The Morgan fingerprint density at radius 1 is 1.38 bits per heavy atom. The minimum absolute atomic E-state index is 0.0170. The van der Waals surface area contributed by atoms with Crippen molar-refractivity contribution < 1.29 is 9.53 Å². The summed E-state index contributed by atoms with van der Waals surface area (Å²) in [4.78, 5) is 20.2. The number of nitrogens with zero attached hydrogens (tertiary/aromatic N) is 4. The number of fused-ring (bicyclic) bond motifs is 1. The quantitative estimate of drug-likeness (QED) is 0.666. The number of amides is 2. The van der Waals surface area contributed by atoms with Crippen molar-refractivity contribution in [2.24, 2.45) is 16.6 Å². The summed E-state index contributed by atoms with van der Waals surface area (Å²) < 4.78 is 6.51. The minimum atomic E-state index is -0.317. The van der Waals surface area contributed by atoms with Gasteiger partial charge < -0.3 is 20.7 Å². The fourth-order valence-corrected chi connectivity index (χ4v) is 5.46. The van der Waals surface area contributed by atoms with Crippen LogP contribution in [0.2, 0.25) is 0 Å². The number of carbonyl (C=O) groups is 1. The number of hydrogen-bond donors (Lipinski definition) is 2. The van der Waals surface area contributed by atoms with E-state index in [4.69, 9.17) is 15.7 Å². The predicted octanol–water partition coefficient (Wildman–Crippen LogP) is 2.04. The van der Waals surface area contributed by atoms with Crippen LogP contribution >= 0.6 is 15.9 Å². The summed E-state index contributed by atoms with van der Waals surface area (Å²) in [6.45, 7) is 4.51. The topological polar surface area (TPSA) is 107 Å². The molecule has 3 atom stereocenters. The maximum atomic E-state index is 11.4. The Morgan fingerprint density at radius 2 is 2.14 bits per heavy atom. The molecule has 0 radical (unpaired) electrons. The number of nitrogens with two attached hydrogens (primary N) is 1. The van der Waals surface area contributed by atoms with Crippen LogP contribution in [-0.4, -0.2) is 65.9 Å². The maximum absolute atomic E-state index is 11.4. The van der Waals surface area contributed by atoms with Gasteiger partial charge in [0.25, 0.3) is 0 Å². The highest BCUT2D eigenvalue weighted by molar-refractivity contribution is 9.11. The van der Waals surface area contributed by atoms with E-state index in [2.05, 4.69) is 44.1 Å². The third kappa shape index (κ3) is 4.14. The molecule has 1 aliphatic carbocycles. The third-order valence-corrected chi connectivity index (χ3v) is 7.33. The normalized spacial score (nSPS) is 34.9. The lowest BCUT2D eigenvalue weighted by atomic mass is 9.88. The second-order valence-corrected chi connectivity index (χ2v) is 9.10. The molecule has 3 N–H and O–H groups in total. The van der Waals surface area contributed by atoms with Crippen molar-refractivity contribution in [3.8, 4) is 6.07 Å². The van der Waals surface area contributed by atoms with Gasteiger partial charge in [-0.3, -0.25) is 4.90 Å². The van der Waals surface area contributed by atoms with E-state index in [1.54, 1.807) is 11.1 Å². The van der Waals surface area contributed by atoms with E-state index in [9.17, 15) is 4.79 Å². The lowest BCUT2D eigenvalue weighted by molar-refractivity contribution is 0.0466. The summed E-state index contributed by atoms with van der Waals surface area (Å²) in [5.74, 6) is 1.22. The van der Waals surface area contributed by atoms with Crippen molar-refractivity contribution in [1.82, 2.24) is 15.1 Å². The lowest BCUT2D eigenvalue weighted by Gasteiger charge is -2.45. The van der Waals surface area contributed by atoms with Crippen molar-refractivity contribution in [2.75, 3.05) is 19.6 Å². The SMILES string of the molecule is C[C@H]1CN(C(N)=O)CCN1C1CCC(NC2=C(Br)C3C=C(C#N)OC3C=N2)CC1. The number of nitriles is 1. The first-order valence-corrected chi connectivity index (χ1v) is 11.0. The zero-order valence-electron chi connectivity index (χ0n) is 16.6. The standard InChI is InChI=1S/C20H27BrN6O2/c1-12-11-26(20(23)28)6-7-27(12)14-4-2-13(3-5-14)25-19-18(21)16-8-15(9-22)29-17(16)10-24-19/h8,10,12-14,16-17,25H,2-7,11H2,1H3,(H2,23,28)/t12-,13?,14?,16?,17?/m0/s1. The molecule has 156 valence electrons. The van der Waals surface area contributed by atoms with Crippen LogP contribution in [0.5, 0.6) is 0 Å². The number of primary amides is 1. The number of halogens is 1. The minimum Gasteiger partial charge on any atom is -0.474 e. The Labute approximate surface area is 179 Å². The van der Waals surface area contributed by atoms with E-state index in [-0.39, 0.29) is 18.1 Å². The molecule has 4 rings (SSSR count). The number of carbonyl (C=O) groups excluding carboxylic acids is 1. The van der Waals surface area contributed by atoms with Gasteiger partial charge in [0, 0.05) is 48.5 Å². The van der Waals surface area contributed by atoms with E-state index in [1.165, 1.54) is 0 Å². The number of piperazine rings is 1. The van der Waals surface area contributed by atoms with Crippen LogP contribution in [-0.2, 0) is 4.74 Å². The van der Waals surface area contributed by atoms with Gasteiger partial charge in [-0.1, -0.05) is 15.9 Å². The first kappa shape index (κ1) is 20.2. The highest BCUT2D eigenvalue weighted by Crippen LogP contribution is 2.37. The highest BCUT2D eigenvalue weighted by Gasteiger charge is 2.36. The van der Waals surface area contributed by atoms with Gasteiger partial charge in [-0.05, 0) is 38.7 Å². The molecule has 0 aromatic heterocycles. The maximum Gasteiger partial charge on any atom is 0.314 e. The van der Waals surface area contributed by atoms with Crippen LogP contribution in [0.15, 0.2) is 27.1 Å². The first-order valence-electron chi connectivity index (χ1n) is 10.3. The monoisotopic (exact) mass is 462 g/mol. The molecule has 2 unspecified atom stereocenters. The van der Waals surface area contributed by atoms with E-state index in [0.717, 1.165) is 49.1 Å². The summed E-state index contributed by atoms with van der Waals surface area (Å²) in [7, 11) is 0. The summed E-state index contributed by atoms with van der Waals surface area (Å²) >= 11 is 3.66. The van der Waals surface area contributed by atoms with E-state index >= 15 is 0 Å². The number of aliphatic imine (C=N–C) groups is 1. The third-order valence-electron chi connectivity index (χ3n) is 6.42. The summed E-state index contributed by atoms with van der Waals surface area (Å²) in [6, 6.07) is 3.02. The van der Waals surface area contributed by atoms with E-state index in [0.29, 0.717) is 30.4 Å². The molecule has 1 saturated carbocycles. The second kappa shape index (κ2) is 8.36. The van der Waals surface area contributed by atoms with Crippen molar-refractivity contribution >= 4 is 28.2 Å². The Morgan fingerprint density at radius 3 is 2.79 bits per heavy atom. The molecule has 1 saturated heterocycles. The van der Waals surface area contributed by atoms with Crippen molar-refractivity contribution in [2.45, 2.75) is 56.8 Å². The van der Waals surface area contributed by atoms with Crippen molar-refractivity contribution in [3.05, 3.63) is 22.1 Å². The highest BCUT2D eigenvalue weighted by atomic mass is 79.9. The fraction of sp³-hybridized carbons (Fsp3) is 0.650. The molecule has 8 nitrogen and oxygen atoms in total. The molecule has 3 aliphatic heterocycles. The molecule has 2 fully saturated rings. The van der Waals surface area contributed by atoms with Crippen molar-refractivity contribution in [3.63, 3.8) is 0 Å². The van der Waals surface area contributed by atoms with Gasteiger partial charge in [0.2, 0.25) is 0 Å². The van der Waals surface area contributed by atoms with E-state index in [1.807, 2.05) is 6.08 Å². The van der Waals surface area contributed by atoms with Gasteiger partial charge >= 0.3 is 6.03 Å². The number of urea groups is 1. The lowest BCUT2D eigenvalue weighted by Crippen LogP contribution is -2.58. The molecule has 3 heterocycles. The van der Waals surface area contributed by atoms with Gasteiger partial charge in [0.15, 0.2) is 5.76 Å². The van der Waals surface area contributed by atoms with Crippen LogP contribution in [0.1, 0.15) is 32.6 Å². The molecule has 0 aromatic carbocycles. The number of hydrogen-bond acceptors (Lipinski definition) is 6. The first-order chi connectivity index (χ1) is 14.0. The molecule has 9 heteroatoms. The molecule has 4 aliphatic rings. The summed E-state index contributed by atoms with van der Waals surface area (Å²) in [5.41, 5.74) is 5.43. The second-order valence-electron chi connectivity index (χ2n) is 8.25. The molecule has 0 aromatic rings. The van der Waals surface area contributed by atoms with Gasteiger partial charge in [-0.15, -0.1) is 0 Å². The van der Waals surface area contributed by atoms with Gasteiger partial charge in [-0.2, -0.15) is 5.26 Å². The van der Waals surface area contributed by atoms with Crippen LogP contribution in [0, 0.1) is 17.2 Å². The zero-order chi connectivity index (χ0) is 20.5. The average molecular weight is 463 g/mol. The Hall–Kier alpha value is -2.05. The van der Waals surface area contributed by atoms with Gasteiger partial charge in [0.1, 0.15) is 18.0 Å².